The van der Waals surface area contributed by atoms with Gasteiger partial charge in [-0.25, -0.2) is 9.78 Å². The van der Waals surface area contributed by atoms with Gasteiger partial charge in [-0.1, -0.05) is 36.0 Å². The minimum Gasteiger partial charge on any atom is -0.476 e. The number of aliphatic hydroxyl groups excluding tert-OH is 1. The van der Waals surface area contributed by atoms with Crippen molar-refractivity contribution in [1.82, 2.24) is 9.88 Å². The van der Waals surface area contributed by atoms with Gasteiger partial charge >= 0.3 is 5.97 Å². The number of amides is 1. The monoisotopic (exact) mass is 421 g/mol. The summed E-state index contributed by atoms with van der Waals surface area (Å²) in [5.41, 5.74) is 8.55. The van der Waals surface area contributed by atoms with Crippen molar-refractivity contribution in [3.63, 3.8) is 0 Å². The number of nitrogens with zero attached hydrogens (tertiary/aromatic N) is 2. The minimum absolute atomic E-state index is 0.0503. The zero-order valence-corrected chi connectivity index (χ0v) is 16.9. The molecule has 9 heteroatoms. The van der Waals surface area contributed by atoms with E-state index in [2.05, 4.69) is 4.98 Å². The first-order valence-electron chi connectivity index (χ1n) is 9.06. The smallest absolute Gasteiger partial charge is 0.355 e. The first-order chi connectivity index (χ1) is 13.5. The van der Waals surface area contributed by atoms with Crippen molar-refractivity contribution in [1.29, 1.82) is 0 Å². The second kappa shape index (κ2) is 9.51. The molecule has 4 N–H and O–H groups in total. The average molecular weight is 422 g/mol. The van der Waals surface area contributed by atoms with E-state index in [1.165, 1.54) is 28.5 Å². The lowest BCUT2D eigenvalue weighted by molar-refractivity contribution is -0.128. The molecule has 1 saturated heterocycles. The molecule has 1 aromatic heterocycles. The van der Waals surface area contributed by atoms with Gasteiger partial charge in [0.2, 0.25) is 5.91 Å². The van der Waals surface area contributed by atoms with Crippen molar-refractivity contribution in [2.75, 3.05) is 18.9 Å². The van der Waals surface area contributed by atoms with Gasteiger partial charge < -0.3 is 20.8 Å². The molecule has 2 aromatic rings. The molecular formula is C19H23N3O4S2. The number of thiazole rings is 1. The number of benzene rings is 1. The summed E-state index contributed by atoms with van der Waals surface area (Å²) in [5.74, 6) is -0.297. The van der Waals surface area contributed by atoms with E-state index in [-0.39, 0.29) is 30.3 Å². The molecule has 1 aliphatic heterocycles. The number of carbonyl (C=O) groups is 2. The molecule has 2 heterocycles. The molecule has 1 aliphatic rings. The van der Waals surface area contributed by atoms with Crippen LogP contribution in [0.1, 0.15) is 40.5 Å². The Labute approximate surface area is 171 Å². The van der Waals surface area contributed by atoms with Gasteiger partial charge in [-0.2, -0.15) is 0 Å². The summed E-state index contributed by atoms with van der Waals surface area (Å²) in [4.78, 5) is 29.1. The van der Waals surface area contributed by atoms with Crippen LogP contribution in [0.4, 0.5) is 0 Å². The number of carboxylic acid groups (broad SMARTS) is 1. The van der Waals surface area contributed by atoms with E-state index in [1.807, 2.05) is 29.2 Å². The molecule has 0 saturated carbocycles. The maximum atomic E-state index is 12.3. The van der Waals surface area contributed by atoms with Gasteiger partial charge in [0.05, 0.1) is 12.1 Å². The van der Waals surface area contributed by atoms with Crippen LogP contribution in [0.25, 0.3) is 0 Å². The summed E-state index contributed by atoms with van der Waals surface area (Å²) in [6, 6.07) is 7.54. The number of aromatic carboxylic acids is 1. The summed E-state index contributed by atoms with van der Waals surface area (Å²) in [7, 11) is 0. The highest BCUT2D eigenvalue weighted by molar-refractivity contribution is 8.01. The van der Waals surface area contributed by atoms with E-state index in [1.54, 1.807) is 0 Å². The molecule has 0 spiro atoms. The molecule has 1 fully saturated rings. The van der Waals surface area contributed by atoms with Crippen LogP contribution in [-0.4, -0.2) is 56.9 Å². The number of aromatic nitrogens is 1. The molecule has 28 heavy (non-hydrogen) atoms. The third-order valence-corrected chi connectivity index (χ3v) is 6.82. The van der Waals surface area contributed by atoms with Crippen LogP contribution < -0.4 is 5.73 Å². The Bertz CT molecular complexity index is 825. The van der Waals surface area contributed by atoms with Crippen molar-refractivity contribution in [2.24, 2.45) is 5.73 Å². The number of carboxylic acids is 1. The summed E-state index contributed by atoms with van der Waals surface area (Å²) < 4.78 is 0.685. The lowest BCUT2D eigenvalue weighted by Gasteiger charge is -2.29. The summed E-state index contributed by atoms with van der Waals surface area (Å²) >= 11 is 2.75. The fourth-order valence-corrected chi connectivity index (χ4v) is 5.14. The first-order valence-corrected chi connectivity index (χ1v) is 10.9. The Hall–Kier alpha value is -1.94. The van der Waals surface area contributed by atoms with Gasteiger partial charge in [0, 0.05) is 30.7 Å². The van der Waals surface area contributed by atoms with Gasteiger partial charge in [0.25, 0.3) is 0 Å². The number of thioether (sulfide) groups is 1. The van der Waals surface area contributed by atoms with E-state index in [9.17, 15) is 9.59 Å². The third-order valence-electron chi connectivity index (χ3n) is 4.81. The van der Waals surface area contributed by atoms with Crippen LogP contribution in [0.2, 0.25) is 0 Å². The van der Waals surface area contributed by atoms with Crippen LogP contribution in [-0.2, 0) is 11.2 Å². The van der Waals surface area contributed by atoms with Crippen molar-refractivity contribution >= 4 is 35.0 Å². The van der Waals surface area contributed by atoms with E-state index in [0.717, 1.165) is 17.5 Å². The minimum atomic E-state index is -1.03. The van der Waals surface area contributed by atoms with Crippen LogP contribution in [0.3, 0.4) is 0 Å². The quantitative estimate of drug-likeness (QED) is 0.531. The molecule has 0 aliphatic carbocycles. The first kappa shape index (κ1) is 20.8. The van der Waals surface area contributed by atoms with Gasteiger partial charge in [-0.05, 0) is 24.0 Å². The molecule has 150 valence electrons. The molecule has 0 radical (unpaired) electrons. The largest absolute Gasteiger partial charge is 0.476 e. The number of nitrogens with two attached hydrogens (primary N) is 1. The molecule has 1 unspecified atom stereocenters. The zero-order valence-electron chi connectivity index (χ0n) is 15.3. The highest BCUT2D eigenvalue weighted by atomic mass is 32.2. The highest BCUT2D eigenvalue weighted by Crippen LogP contribution is 2.30. The second-order valence-electron chi connectivity index (χ2n) is 6.59. The van der Waals surface area contributed by atoms with Crippen molar-refractivity contribution in [3.8, 4) is 0 Å². The maximum Gasteiger partial charge on any atom is 0.355 e. The molecular weight excluding hydrogens is 398 g/mol. The number of rotatable bonds is 9. The normalized spacial score (nSPS) is 17.9. The SMILES string of the molecule is NC(c1ccc(CCO)cc1)[C@H]1CCC(=O)N1CCSc1nc(C(=O)O)cs1. The van der Waals surface area contributed by atoms with Crippen molar-refractivity contribution < 1.29 is 19.8 Å². The predicted octanol–water partition coefficient (Wildman–Crippen LogP) is 2.16. The standard InChI is InChI=1S/C19H23N3O4S2/c20-17(13-3-1-12(2-4-13)7-9-23)15-5-6-16(24)22(15)8-10-27-19-21-14(11-28-19)18(25)26/h1-4,11,15,17,23H,5-10,20H2,(H,25,26)/t15-,17?/m1/s1. The molecule has 0 bridgehead atoms. The Morgan fingerprint density at radius 3 is 2.79 bits per heavy atom. The van der Waals surface area contributed by atoms with Crippen LogP contribution >= 0.6 is 23.1 Å². The Morgan fingerprint density at radius 2 is 2.14 bits per heavy atom. The number of likely N-dealkylation sites (tertiary alicyclic amines) is 1. The van der Waals surface area contributed by atoms with E-state index in [4.69, 9.17) is 15.9 Å². The average Bonchev–Trinajstić information content (AvgIpc) is 3.30. The number of hydrogen-bond acceptors (Lipinski definition) is 7. The van der Waals surface area contributed by atoms with Crippen LogP contribution in [0, 0.1) is 0 Å². The third kappa shape index (κ3) is 4.91. The zero-order chi connectivity index (χ0) is 20.1. The molecule has 3 rings (SSSR count). The van der Waals surface area contributed by atoms with Crippen LogP contribution in [0.15, 0.2) is 34.0 Å². The Morgan fingerprint density at radius 1 is 1.39 bits per heavy atom. The summed E-state index contributed by atoms with van der Waals surface area (Å²) in [5, 5.41) is 19.5. The van der Waals surface area contributed by atoms with Gasteiger partial charge in [-0.3, -0.25) is 4.79 Å². The fraction of sp³-hybridized carbons (Fsp3) is 0.421. The Balaban J connectivity index is 1.59. The van der Waals surface area contributed by atoms with Crippen LogP contribution in [0.5, 0.6) is 0 Å². The lowest BCUT2D eigenvalue weighted by Crippen LogP contribution is -2.41. The molecule has 7 nitrogen and oxygen atoms in total. The maximum absolute atomic E-state index is 12.3. The lowest BCUT2D eigenvalue weighted by atomic mass is 9.97. The highest BCUT2D eigenvalue weighted by Gasteiger charge is 2.35. The number of aliphatic hydroxyl groups is 1. The van der Waals surface area contributed by atoms with Gasteiger partial charge in [0.1, 0.15) is 0 Å². The second-order valence-corrected chi connectivity index (χ2v) is 8.79. The summed E-state index contributed by atoms with van der Waals surface area (Å²) in [6.07, 6.45) is 1.83. The van der Waals surface area contributed by atoms with Crippen molar-refractivity contribution in [3.05, 3.63) is 46.5 Å². The number of carbonyl (C=O) groups excluding carboxylic acids is 1. The predicted molar refractivity (Wildman–Crippen MR) is 109 cm³/mol. The number of hydrogen-bond donors (Lipinski definition) is 3. The van der Waals surface area contributed by atoms with E-state index < -0.39 is 5.97 Å². The topological polar surface area (TPSA) is 117 Å². The fourth-order valence-electron chi connectivity index (χ4n) is 3.33. The summed E-state index contributed by atoms with van der Waals surface area (Å²) in [6.45, 7) is 0.660. The van der Waals surface area contributed by atoms with E-state index >= 15 is 0 Å². The molecule has 1 amide bonds. The van der Waals surface area contributed by atoms with Gasteiger partial charge in [0.15, 0.2) is 10.0 Å². The Kier molecular flexibility index (Phi) is 7.06. The molecule has 2 atom stereocenters. The van der Waals surface area contributed by atoms with E-state index in [0.29, 0.717) is 29.5 Å². The molecule has 1 aromatic carbocycles. The van der Waals surface area contributed by atoms with Crippen molar-refractivity contribution in [2.45, 2.75) is 35.7 Å². The van der Waals surface area contributed by atoms with Gasteiger partial charge in [-0.15, -0.1) is 11.3 Å².